The van der Waals surface area contributed by atoms with Crippen LogP contribution >= 0.6 is 0 Å². The third kappa shape index (κ3) is 2.73. The maximum absolute atomic E-state index is 12.7. The highest BCUT2D eigenvalue weighted by Crippen LogP contribution is 2.28. The van der Waals surface area contributed by atoms with Crippen LogP contribution in [0.25, 0.3) is 11.0 Å². The van der Waals surface area contributed by atoms with Crippen LogP contribution in [0.4, 0.5) is 13.2 Å². The number of nitrogens with zero attached hydrogens (tertiary/aromatic N) is 4. The quantitative estimate of drug-likeness (QED) is 0.783. The normalized spacial score (nSPS) is 15.6. The number of fused-ring (bicyclic) bond motifs is 2. The number of nitrogens with one attached hydrogen (secondary N) is 1. The molecule has 1 aliphatic rings. The minimum absolute atomic E-state index is 0.488. The number of hydrogen-bond donors (Lipinski definition) is 1. The highest BCUT2D eigenvalue weighted by Gasteiger charge is 2.35. The van der Waals surface area contributed by atoms with Crippen LogP contribution < -0.4 is 0 Å². The van der Waals surface area contributed by atoms with Crippen molar-refractivity contribution in [2.45, 2.75) is 25.7 Å². The maximum atomic E-state index is 12.7. The molecule has 4 heterocycles. The van der Waals surface area contributed by atoms with Gasteiger partial charge in [-0.2, -0.15) is 13.2 Å². The summed E-state index contributed by atoms with van der Waals surface area (Å²) in [4.78, 5) is 16.7. The molecule has 0 bridgehead atoms. The van der Waals surface area contributed by atoms with Gasteiger partial charge >= 0.3 is 6.18 Å². The molecule has 8 heteroatoms. The number of alkyl halides is 3. The van der Waals surface area contributed by atoms with Crippen molar-refractivity contribution in [2.24, 2.45) is 0 Å². The summed E-state index contributed by atoms with van der Waals surface area (Å²) in [5.74, 6) is -1.06. The second kappa shape index (κ2) is 5.55. The smallest absolute Gasteiger partial charge is 0.346 e. The van der Waals surface area contributed by atoms with Crippen molar-refractivity contribution in [1.29, 1.82) is 0 Å². The molecule has 1 N–H and O–H groups in total. The molecule has 3 aromatic heterocycles. The number of rotatable bonds is 2. The Kier molecular flexibility index (Phi) is 3.49. The zero-order valence-corrected chi connectivity index (χ0v) is 12.6. The Morgan fingerprint density at radius 1 is 1.25 bits per heavy atom. The van der Waals surface area contributed by atoms with E-state index in [-0.39, 0.29) is 0 Å². The molecular weight excluding hydrogens is 319 g/mol. The lowest BCUT2D eigenvalue weighted by Crippen LogP contribution is -2.31. The molecule has 24 heavy (non-hydrogen) atoms. The van der Waals surface area contributed by atoms with Crippen LogP contribution in [0.1, 0.15) is 22.6 Å². The van der Waals surface area contributed by atoms with Gasteiger partial charge < -0.3 is 4.98 Å². The van der Waals surface area contributed by atoms with Crippen LogP contribution in [0.5, 0.6) is 0 Å². The van der Waals surface area contributed by atoms with Gasteiger partial charge in [0.05, 0.1) is 5.69 Å². The number of pyridine rings is 1. The molecule has 0 unspecified atom stereocenters. The van der Waals surface area contributed by atoms with E-state index in [1.165, 1.54) is 6.20 Å². The third-order valence-corrected chi connectivity index (χ3v) is 4.20. The van der Waals surface area contributed by atoms with E-state index in [0.29, 0.717) is 31.7 Å². The van der Waals surface area contributed by atoms with E-state index in [0.717, 1.165) is 22.2 Å². The van der Waals surface area contributed by atoms with Crippen LogP contribution in [0.3, 0.4) is 0 Å². The van der Waals surface area contributed by atoms with Crippen molar-refractivity contribution in [2.75, 3.05) is 6.54 Å². The molecule has 3 aromatic rings. The molecule has 0 aliphatic carbocycles. The monoisotopic (exact) mass is 333 g/mol. The molecule has 0 amide bonds. The summed E-state index contributed by atoms with van der Waals surface area (Å²) in [7, 11) is 0. The molecule has 0 radical (unpaired) electrons. The molecule has 0 spiro atoms. The Labute approximate surface area is 135 Å². The predicted octanol–water partition coefficient (Wildman–Crippen LogP) is 2.93. The van der Waals surface area contributed by atoms with Gasteiger partial charge in [-0.3, -0.25) is 4.90 Å². The first kappa shape index (κ1) is 15.1. The average molecular weight is 333 g/mol. The highest BCUT2D eigenvalue weighted by atomic mass is 19.4. The summed E-state index contributed by atoms with van der Waals surface area (Å²) in [5, 5.41) is 1.06. The second-order valence-electron chi connectivity index (χ2n) is 5.84. The summed E-state index contributed by atoms with van der Waals surface area (Å²) in [6, 6.07) is 3.89. The number of aromatic nitrogens is 4. The Morgan fingerprint density at radius 3 is 2.96 bits per heavy atom. The van der Waals surface area contributed by atoms with Crippen molar-refractivity contribution in [3.63, 3.8) is 0 Å². The first-order valence-electron chi connectivity index (χ1n) is 7.56. The molecule has 4 rings (SSSR count). The van der Waals surface area contributed by atoms with E-state index in [2.05, 4.69) is 24.8 Å². The van der Waals surface area contributed by atoms with E-state index < -0.39 is 12.0 Å². The topological polar surface area (TPSA) is 57.7 Å². The SMILES string of the molecule is FC(F)(F)c1ncc2c(n1)CCN(Cc1c[nH]c3ncccc13)C2. The van der Waals surface area contributed by atoms with Crippen molar-refractivity contribution >= 4 is 11.0 Å². The fourth-order valence-electron chi connectivity index (χ4n) is 3.03. The standard InChI is InChI=1S/C16H14F3N5/c17-16(18,19)15-22-7-11-9-24(5-3-13(11)23-15)8-10-6-21-14-12(10)2-1-4-20-14/h1-2,4,6-7H,3,5,8-9H2,(H,20,21). The zero-order valence-electron chi connectivity index (χ0n) is 12.6. The molecule has 5 nitrogen and oxygen atoms in total. The van der Waals surface area contributed by atoms with E-state index in [1.54, 1.807) is 6.20 Å². The van der Waals surface area contributed by atoms with Crippen molar-refractivity contribution in [3.05, 3.63) is 53.4 Å². The van der Waals surface area contributed by atoms with Gasteiger partial charge in [-0.05, 0) is 17.7 Å². The Balaban J connectivity index is 1.54. The van der Waals surface area contributed by atoms with Crippen molar-refractivity contribution in [3.8, 4) is 0 Å². The minimum Gasteiger partial charge on any atom is -0.346 e. The van der Waals surface area contributed by atoms with Gasteiger partial charge in [0.25, 0.3) is 0 Å². The van der Waals surface area contributed by atoms with Gasteiger partial charge in [0.1, 0.15) is 5.65 Å². The molecule has 124 valence electrons. The van der Waals surface area contributed by atoms with Crippen LogP contribution in [0.15, 0.2) is 30.7 Å². The van der Waals surface area contributed by atoms with Crippen molar-refractivity contribution in [1.82, 2.24) is 24.8 Å². The van der Waals surface area contributed by atoms with Crippen molar-refractivity contribution < 1.29 is 13.2 Å². The van der Waals surface area contributed by atoms with Crippen LogP contribution in [0, 0.1) is 0 Å². The Bertz CT molecular complexity index is 887. The van der Waals surface area contributed by atoms with Crippen LogP contribution in [0.2, 0.25) is 0 Å². The minimum atomic E-state index is -4.50. The Morgan fingerprint density at radius 2 is 2.12 bits per heavy atom. The first-order chi connectivity index (χ1) is 11.5. The molecule has 0 saturated heterocycles. The molecule has 1 aliphatic heterocycles. The predicted molar refractivity (Wildman–Crippen MR) is 80.9 cm³/mol. The summed E-state index contributed by atoms with van der Waals surface area (Å²) < 4.78 is 38.1. The molecule has 0 fully saturated rings. The summed E-state index contributed by atoms with van der Waals surface area (Å²) in [6.07, 6.45) is 0.949. The van der Waals surface area contributed by atoms with Gasteiger partial charge in [-0.25, -0.2) is 15.0 Å². The number of hydrogen-bond acceptors (Lipinski definition) is 4. The summed E-state index contributed by atoms with van der Waals surface area (Å²) >= 11 is 0. The molecule has 0 saturated carbocycles. The lowest BCUT2D eigenvalue weighted by Gasteiger charge is -2.28. The van der Waals surface area contributed by atoms with Gasteiger partial charge in [0.2, 0.25) is 5.82 Å². The summed E-state index contributed by atoms with van der Waals surface area (Å²) in [6.45, 7) is 1.90. The zero-order chi connectivity index (χ0) is 16.7. The third-order valence-electron chi connectivity index (χ3n) is 4.20. The molecular formula is C16H14F3N5. The highest BCUT2D eigenvalue weighted by molar-refractivity contribution is 5.79. The lowest BCUT2D eigenvalue weighted by atomic mass is 10.1. The number of aromatic amines is 1. The molecule has 0 aromatic carbocycles. The first-order valence-corrected chi connectivity index (χ1v) is 7.56. The lowest BCUT2D eigenvalue weighted by molar-refractivity contribution is -0.145. The Hall–Kier alpha value is -2.48. The largest absolute Gasteiger partial charge is 0.451 e. The number of halogens is 3. The van der Waals surface area contributed by atoms with E-state index in [1.807, 2.05) is 18.3 Å². The maximum Gasteiger partial charge on any atom is 0.451 e. The van der Waals surface area contributed by atoms with E-state index in [4.69, 9.17) is 0 Å². The van der Waals surface area contributed by atoms with Gasteiger partial charge in [-0.1, -0.05) is 0 Å². The van der Waals surface area contributed by atoms with Gasteiger partial charge in [0.15, 0.2) is 0 Å². The average Bonchev–Trinajstić information content (AvgIpc) is 2.97. The van der Waals surface area contributed by atoms with Crippen LogP contribution in [-0.2, 0) is 25.7 Å². The summed E-state index contributed by atoms with van der Waals surface area (Å²) in [5.41, 5.74) is 3.21. The fourth-order valence-corrected chi connectivity index (χ4v) is 3.03. The van der Waals surface area contributed by atoms with Gasteiger partial charge in [-0.15, -0.1) is 0 Å². The molecule has 0 atom stereocenters. The van der Waals surface area contributed by atoms with E-state index in [9.17, 15) is 13.2 Å². The second-order valence-corrected chi connectivity index (χ2v) is 5.84. The fraction of sp³-hybridized carbons (Fsp3) is 0.312. The number of H-pyrrole nitrogens is 1. The van der Waals surface area contributed by atoms with Gasteiger partial charge in [0, 0.05) is 55.6 Å². The van der Waals surface area contributed by atoms with Crippen LogP contribution in [-0.4, -0.2) is 31.4 Å². The van der Waals surface area contributed by atoms with E-state index >= 15 is 0 Å².